The molecule has 0 radical (unpaired) electrons. The summed E-state index contributed by atoms with van der Waals surface area (Å²) in [6, 6.07) is 12.6. The summed E-state index contributed by atoms with van der Waals surface area (Å²) in [6.45, 7) is 7.45. The molecule has 1 N–H and O–H groups in total. The summed E-state index contributed by atoms with van der Waals surface area (Å²) in [5.74, 6) is 0.261. The number of amides is 1. The molecule has 2 aromatic carbocycles. The third-order valence-electron chi connectivity index (χ3n) is 6.03. The van der Waals surface area contributed by atoms with E-state index in [-0.39, 0.29) is 23.4 Å². The monoisotopic (exact) mass is 485 g/mol. The number of fused-ring (bicyclic) bond motifs is 1. The van der Waals surface area contributed by atoms with Gasteiger partial charge >= 0.3 is 0 Å². The fourth-order valence-electron chi connectivity index (χ4n) is 4.19. The summed E-state index contributed by atoms with van der Waals surface area (Å²) in [5.41, 5.74) is 2.29. The van der Waals surface area contributed by atoms with E-state index < -0.39 is 15.9 Å². The quantitative estimate of drug-likeness (QED) is 0.525. The van der Waals surface area contributed by atoms with Crippen LogP contribution in [0.2, 0.25) is 0 Å². The van der Waals surface area contributed by atoms with Crippen LogP contribution in [0.15, 0.2) is 47.4 Å². The average molecular weight is 486 g/mol. The van der Waals surface area contributed by atoms with Crippen molar-refractivity contribution in [3.63, 3.8) is 0 Å². The maximum Gasteiger partial charge on any atom is 0.243 e. The van der Waals surface area contributed by atoms with Crippen molar-refractivity contribution in [1.29, 1.82) is 0 Å². The first-order valence-electron chi connectivity index (χ1n) is 11.6. The molecule has 0 unspecified atom stereocenters. The largest absolute Gasteiger partial charge is 0.494 e. The number of nitrogens with one attached hydrogen (secondary N) is 1. The van der Waals surface area contributed by atoms with Crippen LogP contribution in [0, 0.1) is 5.92 Å². The van der Waals surface area contributed by atoms with Crippen molar-refractivity contribution in [1.82, 2.24) is 24.6 Å². The van der Waals surface area contributed by atoms with Gasteiger partial charge in [0.15, 0.2) is 0 Å². The van der Waals surface area contributed by atoms with E-state index in [0.717, 1.165) is 16.8 Å². The first kappa shape index (κ1) is 24.2. The van der Waals surface area contributed by atoms with E-state index in [9.17, 15) is 13.2 Å². The highest BCUT2D eigenvalue weighted by Gasteiger charge is 2.33. The number of ether oxygens (including phenoxy) is 1. The van der Waals surface area contributed by atoms with Gasteiger partial charge in [-0.25, -0.2) is 13.1 Å². The molecule has 4 rings (SSSR count). The van der Waals surface area contributed by atoms with Crippen LogP contribution in [0.1, 0.15) is 45.2 Å². The molecule has 0 aliphatic carbocycles. The Labute approximate surface area is 200 Å². The average Bonchev–Trinajstić information content (AvgIpc) is 3.27. The molecule has 0 saturated carbocycles. The van der Waals surface area contributed by atoms with Crippen LogP contribution in [0.4, 0.5) is 0 Å². The Morgan fingerprint density at radius 3 is 2.68 bits per heavy atom. The number of carbonyl (C=O) groups excluding carboxylic acids is 1. The van der Waals surface area contributed by atoms with Gasteiger partial charge in [-0.05, 0) is 69.5 Å². The highest BCUT2D eigenvalue weighted by molar-refractivity contribution is 7.89. The first-order chi connectivity index (χ1) is 16.3. The van der Waals surface area contributed by atoms with E-state index in [1.54, 1.807) is 22.9 Å². The number of nitrogens with zero attached hydrogens (tertiary/aromatic N) is 4. The van der Waals surface area contributed by atoms with Gasteiger partial charge in [0.2, 0.25) is 15.9 Å². The molecule has 34 heavy (non-hydrogen) atoms. The van der Waals surface area contributed by atoms with E-state index >= 15 is 0 Å². The van der Waals surface area contributed by atoms with Crippen LogP contribution in [0.3, 0.4) is 0 Å². The second-order valence-corrected chi connectivity index (χ2v) is 10.7. The molecule has 1 saturated heterocycles. The highest BCUT2D eigenvalue weighted by atomic mass is 32.2. The molecule has 182 valence electrons. The summed E-state index contributed by atoms with van der Waals surface area (Å²) in [6.07, 6.45) is 1.29. The smallest absolute Gasteiger partial charge is 0.243 e. The lowest BCUT2D eigenvalue weighted by molar-refractivity contribution is -0.126. The third kappa shape index (κ3) is 5.07. The van der Waals surface area contributed by atoms with Gasteiger partial charge in [-0.2, -0.15) is 4.31 Å². The molecule has 1 fully saturated rings. The molecule has 1 aromatic heterocycles. The summed E-state index contributed by atoms with van der Waals surface area (Å²) >= 11 is 0. The zero-order valence-electron chi connectivity index (χ0n) is 19.8. The standard InChI is InChI=1S/C24H31N5O4S/c1-4-33-20-9-7-18(8-10-20)15-25-24(30)19-6-5-13-28(16-19)34(31,32)21-11-12-23-22(14-21)26-27-29(23)17(2)3/h7-12,14,17,19H,4-6,13,15-16H2,1-3H3,(H,25,30)/t19-/m0/s1. The Balaban J connectivity index is 1.42. The minimum absolute atomic E-state index is 0.122. The van der Waals surface area contributed by atoms with Crippen molar-refractivity contribution in [3.8, 4) is 5.75 Å². The zero-order valence-corrected chi connectivity index (χ0v) is 20.6. The van der Waals surface area contributed by atoms with Crippen molar-refractivity contribution in [2.45, 2.75) is 51.1 Å². The molecule has 9 nitrogen and oxygen atoms in total. The Morgan fingerprint density at radius 2 is 1.97 bits per heavy atom. The number of aromatic nitrogens is 3. The van der Waals surface area contributed by atoms with Crippen LogP contribution in [0.25, 0.3) is 11.0 Å². The highest BCUT2D eigenvalue weighted by Crippen LogP contribution is 2.26. The van der Waals surface area contributed by atoms with Gasteiger partial charge < -0.3 is 10.1 Å². The first-order valence-corrected chi connectivity index (χ1v) is 13.1. The number of hydrogen-bond donors (Lipinski definition) is 1. The fraction of sp³-hybridized carbons (Fsp3) is 0.458. The van der Waals surface area contributed by atoms with Gasteiger partial charge in [0, 0.05) is 25.7 Å². The molecule has 1 amide bonds. The van der Waals surface area contributed by atoms with Gasteiger partial charge in [-0.3, -0.25) is 4.79 Å². The summed E-state index contributed by atoms with van der Waals surface area (Å²) in [5, 5.41) is 11.2. The number of hydrogen-bond acceptors (Lipinski definition) is 6. The van der Waals surface area contributed by atoms with Gasteiger partial charge in [-0.15, -0.1) is 5.10 Å². The lowest BCUT2D eigenvalue weighted by Gasteiger charge is -2.31. The van der Waals surface area contributed by atoms with Crippen LogP contribution in [-0.4, -0.2) is 53.3 Å². The van der Waals surface area contributed by atoms with Crippen molar-refractivity contribution >= 4 is 27.0 Å². The molecule has 3 aromatic rings. The number of sulfonamides is 1. The number of carbonyl (C=O) groups is 1. The van der Waals surface area contributed by atoms with Crippen LogP contribution >= 0.6 is 0 Å². The van der Waals surface area contributed by atoms with Gasteiger partial charge in [0.05, 0.1) is 22.9 Å². The van der Waals surface area contributed by atoms with Crippen LogP contribution in [0.5, 0.6) is 5.75 Å². The maximum atomic E-state index is 13.3. The van der Waals surface area contributed by atoms with E-state index in [1.165, 1.54) is 4.31 Å². The molecule has 10 heteroatoms. The molecule has 0 bridgehead atoms. The molecule has 1 aliphatic rings. The van der Waals surface area contributed by atoms with E-state index in [4.69, 9.17) is 4.74 Å². The summed E-state index contributed by atoms with van der Waals surface area (Å²) in [4.78, 5) is 13.0. The Bertz CT molecular complexity index is 1250. The predicted molar refractivity (Wildman–Crippen MR) is 129 cm³/mol. The molecule has 1 aliphatic heterocycles. The third-order valence-corrected chi connectivity index (χ3v) is 7.89. The fourth-order valence-corrected chi connectivity index (χ4v) is 5.74. The van der Waals surface area contributed by atoms with Crippen LogP contribution in [-0.2, 0) is 21.4 Å². The topological polar surface area (TPSA) is 106 Å². The van der Waals surface area contributed by atoms with Gasteiger partial charge in [-0.1, -0.05) is 17.3 Å². The van der Waals surface area contributed by atoms with E-state index in [2.05, 4.69) is 15.6 Å². The summed E-state index contributed by atoms with van der Waals surface area (Å²) in [7, 11) is -3.75. The normalized spacial score (nSPS) is 17.2. The SMILES string of the molecule is CCOc1ccc(CNC(=O)[C@H]2CCCN(S(=O)(=O)c3ccc4c(c3)nnn4C(C)C)C2)cc1. The number of benzene rings is 2. The second-order valence-electron chi connectivity index (χ2n) is 8.78. The minimum atomic E-state index is -3.75. The molecule has 2 heterocycles. The predicted octanol–water partition coefficient (Wildman–Crippen LogP) is 3.13. The van der Waals surface area contributed by atoms with Crippen molar-refractivity contribution in [2.75, 3.05) is 19.7 Å². The summed E-state index contributed by atoms with van der Waals surface area (Å²) < 4.78 is 35.3. The lowest BCUT2D eigenvalue weighted by Crippen LogP contribution is -2.45. The Morgan fingerprint density at radius 1 is 1.21 bits per heavy atom. The number of rotatable bonds is 8. The maximum absolute atomic E-state index is 13.3. The molecule has 0 spiro atoms. The van der Waals surface area contributed by atoms with Gasteiger partial charge in [0.1, 0.15) is 11.3 Å². The minimum Gasteiger partial charge on any atom is -0.494 e. The van der Waals surface area contributed by atoms with E-state index in [1.807, 2.05) is 45.0 Å². The second kappa shape index (κ2) is 10.1. The van der Waals surface area contributed by atoms with Crippen molar-refractivity contribution in [3.05, 3.63) is 48.0 Å². The Hall–Kier alpha value is -2.98. The van der Waals surface area contributed by atoms with Crippen molar-refractivity contribution in [2.24, 2.45) is 5.92 Å². The molecular formula is C24H31N5O4S. The van der Waals surface area contributed by atoms with Gasteiger partial charge in [0.25, 0.3) is 0 Å². The zero-order chi connectivity index (χ0) is 24.3. The Kier molecular flexibility index (Phi) is 7.18. The van der Waals surface area contributed by atoms with Crippen molar-refractivity contribution < 1.29 is 17.9 Å². The van der Waals surface area contributed by atoms with Crippen LogP contribution < -0.4 is 10.1 Å². The lowest BCUT2D eigenvalue weighted by atomic mass is 9.99. The number of piperidine rings is 1. The van der Waals surface area contributed by atoms with E-state index in [0.29, 0.717) is 38.1 Å². The molecule has 1 atom stereocenters. The molecular weight excluding hydrogens is 454 g/mol.